The van der Waals surface area contributed by atoms with Gasteiger partial charge in [-0.05, 0) is 24.6 Å². The van der Waals surface area contributed by atoms with Crippen molar-refractivity contribution in [2.75, 3.05) is 0 Å². The number of benzene rings is 1. The fraction of sp³-hybridized carbons (Fsp3) is 0.222. The van der Waals surface area contributed by atoms with Crippen molar-refractivity contribution >= 4 is 5.78 Å². The zero-order valence-electron chi connectivity index (χ0n) is 6.67. The summed E-state index contributed by atoms with van der Waals surface area (Å²) in [5.41, 5.74) is 0.572. The third kappa shape index (κ3) is 1.68. The normalized spacial score (nSPS) is 9.92. The molecule has 1 aromatic rings. The number of aliphatic hydroxyl groups is 1. The number of Topliss-reactive ketones (excluding diaryl/α,β-unsaturated/α-hetero) is 1. The summed E-state index contributed by atoms with van der Waals surface area (Å²) in [6.07, 6.45) is 0. The van der Waals surface area contributed by atoms with E-state index in [2.05, 4.69) is 0 Å². The van der Waals surface area contributed by atoms with Crippen LogP contribution in [-0.2, 0) is 6.61 Å². The minimum absolute atomic E-state index is 0.0292. The Kier molecular flexibility index (Phi) is 2.55. The summed E-state index contributed by atoms with van der Waals surface area (Å²) >= 11 is 0. The number of carbonyl (C=O) groups excluding carboxylic acids is 1. The van der Waals surface area contributed by atoms with Gasteiger partial charge in [0.15, 0.2) is 5.78 Å². The number of hydrogen-bond donors (Lipinski definition) is 1. The fourth-order valence-corrected chi connectivity index (χ4v) is 0.941. The molecule has 0 saturated carbocycles. The molecule has 0 aliphatic heterocycles. The minimum Gasteiger partial charge on any atom is -0.392 e. The van der Waals surface area contributed by atoms with Crippen LogP contribution in [0.4, 0.5) is 4.39 Å². The average molecular weight is 168 g/mol. The maximum absolute atomic E-state index is 12.9. The van der Waals surface area contributed by atoms with Gasteiger partial charge in [0, 0.05) is 0 Å². The van der Waals surface area contributed by atoms with Crippen LogP contribution in [0.3, 0.4) is 0 Å². The molecule has 0 fully saturated rings. The number of rotatable bonds is 2. The van der Waals surface area contributed by atoms with Crippen LogP contribution in [0.2, 0.25) is 0 Å². The van der Waals surface area contributed by atoms with E-state index in [4.69, 9.17) is 5.11 Å². The van der Waals surface area contributed by atoms with Gasteiger partial charge in [0.05, 0.1) is 12.2 Å². The lowest BCUT2D eigenvalue weighted by Crippen LogP contribution is -1.98. The lowest BCUT2D eigenvalue weighted by molar-refractivity contribution is 0.101. The van der Waals surface area contributed by atoms with E-state index in [1.807, 2.05) is 0 Å². The third-order valence-corrected chi connectivity index (χ3v) is 1.59. The first-order valence-electron chi connectivity index (χ1n) is 3.55. The van der Waals surface area contributed by atoms with Gasteiger partial charge in [0.25, 0.3) is 0 Å². The first-order chi connectivity index (χ1) is 5.65. The molecular weight excluding hydrogens is 159 g/mol. The molecular formula is C9H9FO2. The molecule has 1 aromatic carbocycles. The largest absolute Gasteiger partial charge is 0.392 e. The maximum atomic E-state index is 12.9. The van der Waals surface area contributed by atoms with Crippen LogP contribution >= 0.6 is 0 Å². The lowest BCUT2D eigenvalue weighted by atomic mass is 10.1. The van der Waals surface area contributed by atoms with Gasteiger partial charge in [0.2, 0.25) is 0 Å². The Balaban J connectivity index is 3.17. The molecule has 0 heterocycles. The number of halogens is 1. The van der Waals surface area contributed by atoms with E-state index in [1.54, 1.807) is 0 Å². The van der Waals surface area contributed by atoms with Crippen molar-refractivity contribution < 1.29 is 14.3 Å². The molecule has 0 amide bonds. The van der Waals surface area contributed by atoms with Crippen molar-refractivity contribution in [2.45, 2.75) is 13.5 Å². The van der Waals surface area contributed by atoms with Crippen molar-refractivity contribution in [3.63, 3.8) is 0 Å². The Bertz CT molecular complexity index is 307. The molecule has 0 bridgehead atoms. The van der Waals surface area contributed by atoms with Crippen LogP contribution in [0.15, 0.2) is 18.2 Å². The van der Waals surface area contributed by atoms with E-state index in [0.717, 1.165) is 0 Å². The second-order valence-corrected chi connectivity index (χ2v) is 2.53. The second kappa shape index (κ2) is 3.45. The molecule has 0 aliphatic carbocycles. The van der Waals surface area contributed by atoms with Gasteiger partial charge in [-0.3, -0.25) is 4.79 Å². The van der Waals surface area contributed by atoms with Gasteiger partial charge in [-0.15, -0.1) is 0 Å². The molecule has 0 spiro atoms. The molecule has 64 valence electrons. The lowest BCUT2D eigenvalue weighted by Gasteiger charge is -2.00. The quantitative estimate of drug-likeness (QED) is 0.680. The topological polar surface area (TPSA) is 37.3 Å². The first-order valence-corrected chi connectivity index (χ1v) is 3.55. The van der Waals surface area contributed by atoms with Gasteiger partial charge in [0.1, 0.15) is 5.82 Å². The van der Waals surface area contributed by atoms with Crippen LogP contribution in [0.5, 0.6) is 0 Å². The van der Waals surface area contributed by atoms with E-state index in [9.17, 15) is 9.18 Å². The minimum atomic E-state index is -0.542. The van der Waals surface area contributed by atoms with Crippen LogP contribution in [-0.4, -0.2) is 10.9 Å². The molecule has 0 aliphatic rings. The monoisotopic (exact) mass is 168 g/mol. The second-order valence-electron chi connectivity index (χ2n) is 2.53. The summed E-state index contributed by atoms with van der Waals surface area (Å²) in [4.78, 5) is 10.8. The van der Waals surface area contributed by atoms with E-state index >= 15 is 0 Å². The summed E-state index contributed by atoms with van der Waals surface area (Å²) < 4.78 is 12.9. The van der Waals surface area contributed by atoms with Crippen LogP contribution in [0, 0.1) is 5.82 Å². The standard InChI is InChI=1S/C9H9FO2/c1-6(12)8-4-7(5-11)2-3-9(8)10/h2-4,11H,5H2,1H3. The van der Waals surface area contributed by atoms with Crippen molar-refractivity contribution in [3.8, 4) is 0 Å². The van der Waals surface area contributed by atoms with Crippen LogP contribution in [0.25, 0.3) is 0 Å². The highest BCUT2D eigenvalue weighted by Gasteiger charge is 2.06. The molecule has 12 heavy (non-hydrogen) atoms. The Hall–Kier alpha value is -1.22. The summed E-state index contributed by atoms with van der Waals surface area (Å²) in [5.74, 6) is -0.873. The summed E-state index contributed by atoms with van der Waals surface area (Å²) in [6.45, 7) is 1.11. The van der Waals surface area contributed by atoms with Gasteiger partial charge in [-0.25, -0.2) is 4.39 Å². The average Bonchev–Trinajstić information content (AvgIpc) is 2.05. The Morgan fingerprint density at radius 1 is 1.58 bits per heavy atom. The predicted octanol–water partition coefficient (Wildman–Crippen LogP) is 1.52. The third-order valence-electron chi connectivity index (χ3n) is 1.59. The van der Waals surface area contributed by atoms with E-state index in [-0.39, 0.29) is 18.0 Å². The SMILES string of the molecule is CC(=O)c1cc(CO)ccc1F. The molecule has 0 saturated heterocycles. The maximum Gasteiger partial charge on any atom is 0.162 e. The summed E-state index contributed by atoms with van der Waals surface area (Å²) in [7, 11) is 0. The van der Waals surface area contributed by atoms with Crippen LogP contribution < -0.4 is 0 Å². The Morgan fingerprint density at radius 2 is 2.25 bits per heavy atom. The van der Waals surface area contributed by atoms with Crippen molar-refractivity contribution in [2.24, 2.45) is 0 Å². The van der Waals surface area contributed by atoms with E-state index < -0.39 is 5.82 Å². The van der Waals surface area contributed by atoms with Gasteiger partial charge >= 0.3 is 0 Å². The highest BCUT2D eigenvalue weighted by molar-refractivity contribution is 5.94. The Labute approximate surface area is 69.6 Å². The molecule has 0 aromatic heterocycles. The molecule has 0 unspecified atom stereocenters. The predicted molar refractivity (Wildman–Crippen MR) is 42.3 cm³/mol. The van der Waals surface area contributed by atoms with E-state index in [0.29, 0.717) is 5.56 Å². The smallest absolute Gasteiger partial charge is 0.162 e. The number of ketones is 1. The molecule has 1 rings (SSSR count). The molecule has 0 radical (unpaired) electrons. The highest BCUT2D eigenvalue weighted by atomic mass is 19.1. The molecule has 3 heteroatoms. The van der Waals surface area contributed by atoms with Gasteiger partial charge in [-0.2, -0.15) is 0 Å². The molecule has 1 N–H and O–H groups in total. The molecule has 2 nitrogen and oxygen atoms in total. The zero-order valence-corrected chi connectivity index (χ0v) is 6.67. The van der Waals surface area contributed by atoms with Crippen molar-refractivity contribution in [1.82, 2.24) is 0 Å². The van der Waals surface area contributed by atoms with Crippen molar-refractivity contribution in [1.29, 1.82) is 0 Å². The fourth-order valence-electron chi connectivity index (χ4n) is 0.941. The first kappa shape index (κ1) is 8.87. The number of carbonyl (C=O) groups is 1. The van der Waals surface area contributed by atoms with Crippen molar-refractivity contribution in [3.05, 3.63) is 35.1 Å². The number of hydrogen-bond acceptors (Lipinski definition) is 2. The Morgan fingerprint density at radius 3 is 2.75 bits per heavy atom. The van der Waals surface area contributed by atoms with E-state index in [1.165, 1.54) is 25.1 Å². The zero-order chi connectivity index (χ0) is 9.14. The number of aliphatic hydroxyl groups excluding tert-OH is 1. The summed E-state index contributed by atoms with van der Waals surface area (Å²) in [5, 5.41) is 8.70. The molecule has 0 atom stereocenters. The highest BCUT2D eigenvalue weighted by Crippen LogP contribution is 2.10. The van der Waals surface area contributed by atoms with Crippen LogP contribution in [0.1, 0.15) is 22.8 Å². The summed E-state index contributed by atoms with van der Waals surface area (Å²) in [6, 6.07) is 3.99. The van der Waals surface area contributed by atoms with Gasteiger partial charge < -0.3 is 5.11 Å². The van der Waals surface area contributed by atoms with Gasteiger partial charge in [-0.1, -0.05) is 6.07 Å².